The maximum absolute atomic E-state index is 12.6. The third-order valence-corrected chi connectivity index (χ3v) is 6.70. The molecule has 1 N–H and O–H groups in total. The molecular weight excluding hydrogens is 392 g/mol. The molecule has 0 saturated heterocycles. The van der Waals surface area contributed by atoms with E-state index in [1.54, 1.807) is 50.2 Å². The Hall–Kier alpha value is -2.71. The minimum atomic E-state index is -3.51. The number of esters is 1. The molecule has 8 heteroatoms. The number of benzene rings is 2. The van der Waals surface area contributed by atoms with Gasteiger partial charge in [0.05, 0.1) is 23.6 Å². The van der Waals surface area contributed by atoms with E-state index in [0.717, 1.165) is 5.56 Å². The van der Waals surface area contributed by atoms with E-state index in [-0.39, 0.29) is 16.8 Å². The first-order valence-corrected chi connectivity index (χ1v) is 10.8. The van der Waals surface area contributed by atoms with E-state index >= 15 is 0 Å². The average Bonchev–Trinajstić information content (AvgIpc) is 2.74. The molecule has 0 spiro atoms. The van der Waals surface area contributed by atoms with E-state index in [4.69, 9.17) is 0 Å². The van der Waals surface area contributed by atoms with Gasteiger partial charge in [-0.25, -0.2) is 13.2 Å². The summed E-state index contributed by atoms with van der Waals surface area (Å²) in [7, 11) is -2.22. The molecule has 0 aliphatic heterocycles. The number of nitrogens with zero attached hydrogens (tertiary/aromatic N) is 1. The molecule has 1 unspecified atom stereocenters. The first-order chi connectivity index (χ1) is 13.7. The predicted octanol–water partition coefficient (Wildman–Crippen LogP) is 2.99. The fourth-order valence-electron chi connectivity index (χ4n) is 2.88. The quantitative estimate of drug-likeness (QED) is 0.665. The Kier molecular flexibility index (Phi) is 7.53. The zero-order valence-electron chi connectivity index (χ0n) is 17.0. The van der Waals surface area contributed by atoms with Crippen molar-refractivity contribution < 1.29 is 22.7 Å². The van der Waals surface area contributed by atoms with Gasteiger partial charge in [0.2, 0.25) is 10.0 Å². The van der Waals surface area contributed by atoms with Gasteiger partial charge < -0.3 is 10.1 Å². The summed E-state index contributed by atoms with van der Waals surface area (Å²) in [6.07, 6.45) is 0. The van der Waals surface area contributed by atoms with Crippen LogP contribution in [0.4, 0.5) is 0 Å². The van der Waals surface area contributed by atoms with Crippen LogP contribution in [0.25, 0.3) is 0 Å². The van der Waals surface area contributed by atoms with Gasteiger partial charge in [-0.3, -0.25) is 4.79 Å². The van der Waals surface area contributed by atoms with Gasteiger partial charge >= 0.3 is 5.97 Å². The van der Waals surface area contributed by atoms with Crippen LogP contribution in [-0.4, -0.2) is 44.8 Å². The van der Waals surface area contributed by atoms with E-state index in [0.29, 0.717) is 24.2 Å². The van der Waals surface area contributed by atoms with Crippen molar-refractivity contribution in [3.05, 3.63) is 65.2 Å². The first kappa shape index (κ1) is 22.6. The molecule has 0 saturated carbocycles. The van der Waals surface area contributed by atoms with E-state index < -0.39 is 16.0 Å². The number of methoxy groups -OCH3 is 1. The van der Waals surface area contributed by atoms with E-state index in [9.17, 15) is 18.0 Å². The van der Waals surface area contributed by atoms with Gasteiger partial charge in [-0.15, -0.1) is 0 Å². The molecule has 0 aliphatic carbocycles. The molecule has 0 aromatic heterocycles. The highest BCUT2D eigenvalue weighted by atomic mass is 32.2. The van der Waals surface area contributed by atoms with Crippen molar-refractivity contribution in [1.82, 2.24) is 9.62 Å². The Morgan fingerprint density at radius 2 is 1.48 bits per heavy atom. The largest absolute Gasteiger partial charge is 0.465 e. The van der Waals surface area contributed by atoms with Crippen LogP contribution in [0.3, 0.4) is 0 Å². The minimum Gasteiger partial charge on any atom is -0.465 e. The van der Waals surface area contributed by atoms with Crippen LogP contribution < -0.4 is 5.32 Å². The maximum atomic E-state index is 12.6. The summed E-state index contributed by atoms with van der Waals surface area (Å²) in [4.78, 5) is 24.1. The van der Waals surface area contributed by atoms with Gasteiger partial charge in [-0.05, 0) is 48.9 Å². The Balaban J connectivity index is 2.10. The minimum absolute atomic E-state index is 0.224. The predicted molar refractivity (Wildman–Crippen MR) is 110 cm³/mol. The average molecular weight is 419 g/mol. The number of carbonyl (C=O) groups excluding carboxylic acids is 2. The third kappa shape index (κ3) is 5.21. The zero-order chi connectivity index (χ0) is 21.6. The molecule has 2 rings (SSSR count). The number of hydrogen-bond acceptors (Lipinski definition) is 5. The van der Waals surface area contributed by atoms with Crippen molar-refractivity contribution in [2.75, 3.05) is 20.2 Å². The Morgan fingerprint density at radius 1 is 0.966 bits per heavy atom. The SMILES string of the molecule is CCN(CC)S(=O)(=O)c1ccc(C(C)NC(=O)c2ccc(C(=O)OC)cc2)cc1. The molecule has 0 fully saturated rings. The number of amides is 1. The molecule has 0 bridgehead atoms. The number of sulfonamides is 1. The number of carbonyl (C=O) groups is 2. The molecule has 1 atom stereocenters. The van der Waals surface area contributed by atoms with Crippen LogP contribution in [0.1, 0.15) is 53.1 Å². The summed E-state index contributed by atoms with van der Waals surface area (Å²) in [5.74, 6) is -0.765. The fourth-order valence-corrected chi connectivity index (χ4v) is 4.34. The van der Waals surface area contributed by atoms with E-state index in [2.05, 4.69) is 10.1 Å². The number of ether oxygens (including phenoxy) is 1. The molecular formula is C21H26N2O5S. The summed E-state index contributed by atoms with van der Waals surface area (Å²) in [6, 6.07) is 12.3. The molecule has 0 aliphatic rings. The van der Waals surface area contributed by atoms with Crippen molar-refractivity contribution in [1.29, 1.82) is 0 Å². The van der Waals surface area contributed by atoms with Crippen LogP contribution in [0.2, 0.25) is 0 Å². The van der Waals surface area contributed by atoms with Crippen LogP contribution in [-0.2, 0) is 14.8 Å². The highest BCUT2D eigenvalue weighted by Crippen LogP contribution is 2.20. The lowest BCUT2D eigenvalue weighted by atomic mass is 10.1. The second-order valence-corrected chi connectivity index (χ2v) is 8.36. The lowest BCUT2D eigenvalue weighted by molar-refractivity contribution is 0.0600. The zero-order valence-corrected chi connectivity index (χ0v) is 17.8. The summed E-state index contributed by atoms with van der Waals surface area (Å²) < 4.78 is 31.1. The van der Waals surface area contributed by atoms with Gasteiger partial charge in [0.15, 0.2) is 0 Å². The van der Waals surface area contributed by atoms with E-state index in [1.807, 2.05) is 6.92 Å². The standard InChI is InChI=1S/C21H26N2O5S/c1-5-23(6-2)29(26,27)19-13-11-16(12-14-19)15(3)22-20(24)17-7-9-18(10-8-17)21(25)28-4/h7-15H,5-6H2,1-4H3,(H,22,24). The van der Waals surface area contributed by atoms with Crippen molar-refractivity contribution in [2.45, 2.75) is 31.7 Å². The molecule has 156 valence electrons. The molecule has 29 heavy (non-hydrogen) atoms. The smallest absolute Gasteiger partial charge is 0.337 e. The number of hydrogen-bond donors (Lipinski definition) is 1. The van der Waals surface area contributed by atoms with Crippen LogP contribution in [0.5, 0.6) is 0 Å². The van der Waals surface area contributed by atoms with Crippen molar-refractivity contribution in [3.63, 3.8) is 0 Å². The van der Waals surface area contributed by atoms with Crippen molar-refractivity contribution in [3.8, 4) is 0 Å². The van der Waals surface area contributed by atoms with E-state index in [1.165, 1.54) is 23.5 Å². The van der Waals surface area contributed by atoms with Crippen LogP contribution in [0, 0.1) is 0 Å². The molecule has 7 nitrogen and oxygen atoms in total. The van der Waals surface area contributed by atoms with Gasteiger partial charge in [0.25, 0.3) is 5.91 Å². The molecule has 0 radical (unpaired) electrons. The summed E-state index contributed by atoms with van der Waals surface area (Å²) in [5.41, 5.74) is 1.55. The summed E-state index contributed by atoms with van der Waals surface area (Å²) >= 11 is 0. The first-order valence-electron chi connectivity index (χ1n) is 9.33. The molecule has 2 aromatic rings. The van der Waals surface area contributed by atoms with Crippen LogP contribution in [0.15, 0.2) is 53.4 Å². The Labute approximate surface area is 171 Å². The normalized spacial score (nSPS) is 12.4. The second-order valence-electron chi connectivity index (χ2n) is 6.42. The van der Waals surface area contributed by atoms with Gasteiger partial charge in [-0.2, -0.15) is 4.31 Å². The Morgan fingerprint density at radius 3 is 1.97 bits per heavy atom. The fraction of sp³-hybridized carbons (Fsp3) is 0.333. The van der Waals surface area contributed by atoms with Gasteiger partial charge in [-0.1, -0.05) is 26.0 Å². The van der Waals surface area contributed by atoms with Crippen LogP contribution >= 0.6 is 0 Å². The Bertz CT molecular complexity index is 950. The number of rotatable bonds is 8. The van der Waals surface area contributed by atoms with Gasteiger partial charge in [0, 0.05) is 18.7 Å². The maximum Gasteiger partial charge on any atom is 0.337 e. The third-order valence-electron chi connectivity index (χ3n) is 4.64. The van der Waals surface area contributed by atoms with Crippen molar-refractivity contribution in [2.24, 2.45) is 0 Å². The second kappa shape index (κ2) is 9.67. The molecule has 0 heterocycles. The summed E-state index contributed by atoms with van der Waals surface area (Å²) in [5, 5.41) is 2.86. The van der Waals surface area contributed by atoms with Gasteiger partial charge in [0.1, 0.15) is 0 Å². The highest BCUT2D eigenvalue weighted by molar-refractivity contribution is 7.89. The summed E-state index contributed by atoms with van der Waals surface area (Å²) in [6.45, 7) is 6.22. The number of nitrogens with one attached hydrogen (secondary N) is 1. The monoisotopic (exact) mass is 418 g/mol. The van der Waals surface area contributed by atoms with Crippen molar-refractivity contribution >= 4 is 21.9 Å². The molecule has 1 amide bonds. The lowest BCUT2D eigenvalue weighted by Crippen LogP contribution is -2.30. The molecule has 2 aromatic carbocycles. The highest BCUT2D eigenvalue weighted by Gasteiger charge is 2.21. The lowest BCUT2D eigenvalue weighted by Gasteiger charge is -2.19. The topological polar surface area (TPSA) is 92.8 Å².